The number of ether oxygens (including phenoxy) is 2. The molecule has 2 aromatic carbocycles. The molecule has 0 bridgehead atoms. The summed E-state index contributed by atoms with van der Waals surface area (Å²) in [6.45, 7) is 18.8. The number of amides is 10. The van der Waals surface area contributed by atoms with Crippen LogP contribution in [0.25, 0.3) is 11.1 Å². The molecule has 31 nitrogen and oxygen atoms in total. The maximum Gasteiger partial charge on any atom is 0.407 e. The molecule has 0 saturated carbocycles. The van der Waals surface area contributed by atoms with E-state index in [1.54, 1.807) is 34.6 Å². The number of benzene rings is 2. The lowest BCUT2D eigenvalue weighted by Crippen LogP contribution is -2.61. The number of hydrogen-bond acceptors (Lipinski definition) is 16. The van der Waals surface area contributed by atoms with Crippen molar-refractivity contribution in [2.24, 2.45) is 62.5 Å². The summed E-state index contributed by atoms with van der Waals surface area (Å²) < 4.78 is 10.6. The normalized spacial score (nSPS) is 14.1. The van der Waals surface area contributed by atoms with E-state index in [1.165, 1.54) is 12.5 Å². The number of hydrogen-bond donors (Lipinski definition) is 15. The van der Waals surface area contributed by atoms with Crippen molar-refractivity contribution in [3.63, 3.8) is 0 Å². The fraction of sp³-hybridized carbons (Fsp3) is 0.588. The van der Waals surface area contributed by atoms with Gasteiger partial charge in [-0.2, -0.15) is 0 Å². The van der Waals surface area contributed by atoms with Crippen LogP contribution in [0.2, 0.25) is 0 Å². The first kappa shape index (κ1) is 81.6. The second-order valence-corrected chi connectivity index (χ2v) is 26.6. The fourth-order valence-electron chi connectivity index (χ4n) is 11.1. The lowest BCUT2D eigenvalue weighted by molar-refractivity contribution is -0.143. The molecule has 4 rings (SSSR count). The summed E-state index contributed by atoms with van der Waals surface area (Å²) in [5.74, 6) is -9.54. The van der Waals surface area contributed by atoms with Gasteiger partial charge >= 0.3 is 12.1 Å². The number of rotatable bonds is 42. The molecule has 1 aliphatic carbocycles. The van der Waals surface area contributed by atoms with Crippen LogP contribution in [0.3, 0.4) is 0 Å². The van der Waals surface area contributed by atoms with Crippen LogP contribution < -0.4 is 76.1 Å². The molecular weight excluding hydrogens is 1280 g/mol. The van der Waals surface area contributed by atoms with Gasteiger partial charge in [0.2, 0.25) is 53.2 Å². The predicted octanol–water partition coefficient (Wildman–Crippen LogP) is 0.996. The molecule has 99 heavy (non-hydrogen) atoms. The summed E-state index contributed by atoms with van der Waals surface area (Å²) >= 11 is 0. The monoisotopic (exact) mass is 1380 g/mol. The van der Waals surface area contributed by atoms with Crippen molar-refractivity contribution in [2.45, 2.75) is 188 Å². The molecule has 1 heterocycles. The average molecular weight is 1380 g/mol. The molecular formula is C68H106N18O13. The number of aromatic nitrogens is 2. The van der Waals surface area contributed by atoms with Gasteiger partial charge in [-0.25, -0.2) is 9.78 Å². The zero-order chi connectivity index (χ0) is 73.5. The number of esters is 1. The summed E-state index contributed by atoms with van der Waals surface area (Å²) in [4.78, 5) is 168. The van der Waals surface area contributed by atoms with E-state index in [0.717, 1.165) is 22.3 Å². The summed E-state index contributed by atoms with van der Waals surface area (Å²) in [6.07, 6.45) is 2.55. The Morgan fingerprint density at radius 1 is 0.495 bits per heavy atom. The highest BCUT2D eigenvalue weighted by Crippen LogP contribution is 2.44. The zero-order valence-corrected chi connectivity index (χ0v) is 58.9. The van der Waals surface area contributed by atoms with Gasteiger partial charge in [-0.1, -0.05) is 118 Å². The third-order valence-electron chi connectivity index (χ3n) is 15.9. The minimum atomic E-state index is -1.37. The predicted molar refractivity (Wildman–Crippen MR) is 373 cm³/mol. The Bertz CT molecular complexity index is 3190. The van der Waals surface area contributed by atoms with Gasteiger partial charge in [-0.15, -0.1) is 0 Å². The molecule has 546 valence electrons. The Kier molecular flexibility index (Phi) is 34.1. The Balaban J connectivity index is 1.54. The van der Waals surface area contributed by atoms with Gasteiger partial charge < -0.3 is 90.6 Å². The van der Waals surface area contributed by atoms with Crippen LogP contribution in [-0.4, -0.2) is 175 Å². The zero-order valence-electron chi connectivity index (χ0n) is 58.9. The van der Waals surface area contributed by atoms with E-state index in [4.69, 9.17) is 32.4 Å². The molecule has 0 radical (unpaired) electrons. The van der Waals surface area contributed by atoms with Crippen molar-refractivity contribution in [3.05, 3.63) is 77.9 Å². The van der Waals surface area contributed by atoms with E-state index in [9.17, 15) is 52.7 Å². The molecule has 10 amide bonds. The van der Waals surface area contributed by atoms with Gasteiger partial charge in [0.05, 0.1) is 19.5 Å². The first-order valence-electron chi connectivity index (χ1n) is 33.9. The van der Waals surface area contributed by atoms with Gasteiger partial charge in [-0.3, -0.25) is 57.9 Å². The van der Waals surface area contributed by atoms with E-state index in [-0.39, 0.29) is 126 Å². The molecule has 0 saturated heterocycles. The molecule has 1 aromatic heterocycles. The second kappa shape index (κ2) is 41.4. The summed E-state index contributed by atoms with van der Waals surface area (Å²) in [6, 6.07) is 5.50. The number of aliphatic imine (C=N–C) groups is 2. The van der Waals surface area contributed by atoms with Gasteiger partial charge in [0.25, 0.3) is 0 Å². The SMILES string of the molecule is CCOC(=O)CNC(=O)CNC(=O)[C@H](CCCN=C(N)N)NC(=O)[C@H](CC(C)C)NC(=O)[C@H](CCCN=C(N)N)NC(=O)[C@H](CC(C)C)NC(=O)[C@@H](NC(=O)[C@H](CC(C)C)NC(=O)[C@H](Cc1cnc[nH]1)NC(=O)[C@H](CC(C)C)NC(=O)OCC1c2ccccc2-c2ccccc21)C(C)C. The van der Waals surface area contributed by atoms with Crippen molar-refractivity contribution < 1.29 is 62.2 Å². The van der Waals surface area contributed by atoms with Crippen LogP contribution in [-0.2, 0) is 63.8 Å². The van der Waals surface area contributed by atoms with Crippen molar-refractivity contribution in [1.29, 1.82) is 0 Å². The van der Waals surface area contributed by atoms with Gasteiger partial charge in [-0.05, 0) is 110 Å². The quantitative estimate of drug-likeness (QED) is 0.0163. The van der Waals surface area contributed by atoms with Crippen molar-refractivity contribution >= 4 is 77.1 Å². The van der Waals surface area contributed by atoms with Crippen LogP contribution in [0.4, 0.5) is 4.79 Å². The van der Waals surface area contributed by atoms with Crippen LogP contribution in [0.5, 0.6) is 0 Å². The number of aromatic amines is 1. The first-order valence-corrected chi connectivity index (χ1v) is 33.9. The second-order valence-electron chi connectivity index (χ2n) is 26.6. The Labute approximate surface area is 579 Å². The van der Waals surface area contributed by atoms with E-state index in [2.05, 4.69) is 73.1 Å². The first-order chi connectivity index (χ1) is 46.9. The Morgan fingerprint density at radius 2 is 0.909 bits per heavy atom. The van der Waals surface area contributed by atoms with E-state index < -0.39 is 133 Å². The summed E-state index contributed by atoms with van der Waals surface area (Å²) in [7, 11) is 0. The molecule has 3 aromatic rings. The Hall–Kier alpha value is -9.84. The molecule has 0 fully saturated rings. The molecule has 0 spiro atoms. The Morgan fingerprint density at radius 3 is 1.35 bits per heavy atom. The van der Waals surface area contributed by atoms with Gasteiger partial charge in [0.15, 0.2) is 11.9 Å². The maximum absolute atomic E-state index is 14.6. The molecule has 19 N–H and O–H groups in total. The molecule has 0 aliphatic heterocycles. The highest BCUT2D eigenvalue weighted by atomic mass is 16.5. The lowest BCUT2D eigenvalue weighted by Gasteiger charge is -2.30. The number of nitrogens with two attached hydrogens (primary N) is 4. The molecule has 31 heteroatoms. The van der Waals surface area contributed by atoms with Gasteiger partial charge in [0.1, 0.15) is 61.5 Å². The topological polar surface area (TPSA) is 484 Å². The van der Waals surface area contributed by atoms with E-state index in [1.807, 2.05) is 90.1 Å². The minimum absolute atomic E-state index is 0.00150. The largest absolute Gasteiger partial charge is 0.465 e. The number of guanidine groups is 2. The van der Waals surface area contributed by atoms with E-state index >= 15 is 0 Å². The summed E-state index contributed by atoms with van der Waals surface area (Å²) in [5.41, 5.74) is 26.8. The smallest absolute Gasteiger partial charge is 0.407 e. The standard InChI is InChI=1S/C68H106N18O13/c1-12-98-56(88)34-76-55(87)33-77-58(89)48(23-17-25-74-66(69)70)79-60(91)50(27-37(2)3)81-59(90)49(24-18-26-75-67(71)72)80-61(92)51(28-38(4)5)84-65(96)57(41(10)11)86-64(95)52(29-39(6)7)82-63(94)54(31-42-32-73-36-78-42)83-62(93)53(30-40(8)9)85-68(97)99-35-47-45-21-15-13-19-43(45)44-20-14-16-22-46(44)47/h13-16,19-22,32,36-41,47-54,57H,12,17-18,23-31,33-35H2,1-11H3,(H,73,78)(H,76,87)(H,77,89)(H,79,91)(H,80,92)(H,81,90)(H,82,94)(H,83,93)(H,84,96)(H,85,97)(H,86,95)(H4,69,70,74)(H4,71,72,75)/t48-,49-,50-,51-,52-,53-,54-,57-/m0/s1. The highest BCUT2D eigenvalue weighted by Gasteiger charge is 2.38. The van der Waals surface area contributed by atoms with Crippen LogP contribution >= 0.6 is 0 Å². The van der Waals surface area contributed by atoms with Crippen molar-refractivity contribution in [3.8, 4) is 11.1 Å². The fourth-order valence-corrected chi connectivity index (χ4v) is 11.1. The summed E-state index contributed by atoms with van der Waals surface area (Å²) in [5, 5.41) is 26.9. The minimum Gasteiger partial charge on any atom is -0.465 e. The van der Waals surface area contributed by atoms with Crippen LogP contribution in [0.1, 0.15) is 150 Å². The number of alkyl carbamates (subject to hydrolysis) is 1. The third-order valence-corrected chi connectivity index (χ3v) is 15.9. The number of fused-ring (bicyclic) bond motifs is 3. The maximum atomic E-state index is 14.6. The lowest BCUT2D eigenvalue weighted by atomic mass is 9.97. The van der Waals surface area contributed by atoms with Crippen LogP contribution in [0, 0.1) is 29.6 Å². The van der Waals surface area contributed by atoms with Crippen molar-refractivity contribution in [1.82, 2.24) is 63.1 Å². The van der Waals surface area contributed by atoms with Crippen LogP contribution in [0.15, 0.2) is 71.0 Å². The highest BCUT2D eigenvalue weighted by molar-refractivity contribution is 5.98. The molecule has 0 unspecified atom stereocenters. The number of nitrogens with zero attached hydrogens (tertiary/aromatic N) is 3. The van der Waals surface area contributed by atoms with Gasteiger partial charge in [0, 0.05) is 37.3 Å². The van der Waals surface area contributed by atoms with E-state index in [0.29, 0.717) is 5.69 Å². The number of carbonyl (C=O) groups is 11. The van der Waals surface area contributed by atoms with Crippen molar-refractivity contribution in [2.75, 3.05) is 39.4 Å². The third kappa shape index (κ3) is 28.6. The number of nitrogens with one attached hydrogen (secondary N) is 11. The number of carbonyl (C=O) groups excluding carboxylic acids is 11. The number of imidazole rings is 1. The average Bonchev–Trinajstić information content (AvgIpc) is 1.62. The molecule has 8 atom stereocenters. The molecule has 1 aliphatic rings. The number of H-pyrrole nitrogens is 1.